The van der Waals surface area contributed by atoms with Gasteiger partial charge in [-0.15, -0.1) is 0 Å². The van der Waals surface area contributed by atoms with Gasteiger partial charge in [0.25, 0.3) is 0 Å². The zero-order chi connectivity index (χ0) is 26.9. The first-order valence-corrected chi connectivity index (χ1v) is 14.8. The number of aryl methyl sites for hydroxylation is 4. The Hall–Kier alpha value is -4.24. The van der Waals surface area contributed by atoms with Gasteiger partial charge in [-0.3, -0.25) is 0 Å². The van der Waals surface area contributed by atoms with Crippen LogP contribution in [-0.4, -0.2) is 16.0 Å². The number of aromatic nitrogens is 2. The molecule has 2 heterocycles. The molecule has 2 aromatic heterocycles. The topological polar surface area (TPSA) is 43.6 Å². The first-order chi connectivity index (χ1) is 19.8. The number of rotatable bonds is 3. The van der Waals surface area contributed by atoms with Gasteiger partial charge >= 0.3 is 0 Å². The molecule has 3 heteroatoms. The second-order valence-corrected chi connectivity index (χ2v) is 11.4. The highest BCUT2D eigenvalue weighted by molar-refractivity contribution is 5.86. The van der Waals surface area contributed by atoms with Gasteiger partial charge in [0.05, 0.1) is 0 Å². The fraction of sp³-hybridized carbons (Fsp3) is 0.243. The van der Waals surface area contributed by atoms with Crippen molar-refractivity contribution in [2.24, 2.45) is 0 Å². The molecule has 0 aliphatic heterocycles. The van der Waals surface area contributed by atoms with Crippen molar-refractivity contribution in [1.82, 2.24) is 9.97 Å². The van der Waals surface area contributed by atoms with E-state index in [0.717, 1.165) is 12.8 Å². The fourth-order valence-electron chi connectivity index (χ4n) is 6.95. The zero-order valence-electron chi connectivity index (χ0n) is 23.2. The number of hydrogen-bond donors (Lipinski definition) is 3. The van der Waals surface area contributed by atoms with Crippen LogP contribution in [0.2, 0.25) is 0 Å². The average Bonchev–Trinajstić information content (AvgIpc) is 3.58. The van der Waals surface area contributed by atoms with Crippen molar-refractivity contribution in [2.45, 2.75) is 57.4 Å². The monoisotopic (exact) mass is 523 g/mol. The molecule has 8 rings (SSSR count). The summed E-state index contributed by atoms with van der Waals surface area (Å²) >= 11 is 0. The molecule has 0 saturated carbocycles. The van der Waals surface area contributed by atoms with Crippen LogP contribution in [0.3, 0.4) is 0 Å². The lowest BCUT2D eigenvalue weighted by atomic mass is 9.77. The molecule has 2 atom stereocenters. The number of nitrogens with one attached hydrogen (secondary N) is 3. The molecule has 2 unspecified atom stereocenters. The third-order valence-corrected chi connectivity index (χ3v) is 8.90. The summed E-state index contributed by atoms with van der Waals surface area (Å²) in [5, 5.41) is 6.68. The van der Waals surface area contributed by atoms with Gasteiger partial charge in [-0.25, -0.2) is 0 Å². The highest BCUT2D eigenvalue weighted by Gasteiger charge is 2.33. The predicted molar refractivity (Wildman–Crippen MR) is 168 cm³/mol. The van der Waals surface area contributed by atoms with E-state index in [0.29, 0.717) is 12.0 Å². The van der Waals surface area contributed by atoms with Crippen LogP contribution in [0, 0.1) is 6.92 Å². The summed E-state index contributed by atoms with van der Waals surface area (Å²) in [6, 6.07) is 37.3. The predicted octanol–water partition coefficient (Wildman–Crippen LogP) is 9.08. The molecule has 0 saturated heterocycles. The van der Waals surface area contributed by atoms with Crippen molar-refractivity contribution in [3.8, 4) is 0 Å². The molecule has 2 aliphatic carbocycles. The number of H-pyrrole nitrogens is 2. The molecule has 6 aromatic rings. The van der Waals surface area contributed by atoms with Crippen molar-refractivity contribution < 1.29 is 0 Å². The Bertz CT molecular complexity index is 1760. The summed E-state index contributed by atoms with van der Waals surface area (Å²) in [7, 11) is 0. The molecule has 3 N–H and O–H groups in total. The van der Waals surface area contributed by atoms with Crippen molar-refractivity contribution in [2.75, 3.05) is 5.32 Å². The summed E-state index contributed by atoms with van der Waals surface area (Å²) in [6.45, 7) is 2.18. The van der Waals surface area contributed by atoms with Gasteiger partial charge in [0.1, 0.15) is 0 Å². The van der Waals surface area contributed by atoms with Crippen LogP contribution in [-0.2, 0) is 19.3 Å². The quantitative estimate of drug-likeness (QED) is 0.213. The molecule has 0 spiro atoms. The minimum Gasteiger partial charge on any atom is -0.381 e. The Morgan fingerprint density at radius 3 is 2.10 bits per heavy atom. The van der Waals surface area contributed by atoms with Gasteiger partial charge in [0.15, 0.2) is 0 Å². The Balaban J connectivity index is 0.000000169. The van der Waals surface area contributed by atoms with Crippen LogP contribution >= 0.6 is 0 Å². The molecule has 0 fully saturated rings. The molecule has 4 aromatic carbocycles. The van der Waals surface area contributed by atoms with Crippen LogP contribution in [0.15, 0.2) is 103 Å². The van der Waals surface area contributed by atoms with Crippen molar-refractivity contribution in [3.05, 3.63) is 137 Å². The van der Waals surface area contributed by atoms with E-state index < -0.39 is 0 Å². The van der Waals surface area contributed by atoms with Crippen molar-refractivity contribution in [1.29, 1.82) is 0 Å². The molecule has 2 aliphatic rings. The molecule has 40 heavy (non-hydrogen) atoms. The number of fused-ring (bicyclic) bond motifs is 6. The lowest BCUT2D eigenvalue weighted by molar-refractivity contribution is 0.548. The van der Waals surface area contributed by atoms with E-state index in [-0.39, 0.29) is 0 Å². The molecule has 0 amide bonds. The van der Waals surface area contributed by atoms with E-state index in [1.165, 1.54) is 81.3 Å². The van der Waals surface area contributed by atoms with Crippen LogP contribution in [0.5, 0.6) is 0 Å². The van der Waals surface area contributed by atoms with E-state index in [9.17, 15) is 0 Å². The highest BCUT2D eigenvalue weighted by atomic mass is 14.9. The van der Waals surface area contributed by atoms with Crippen molar-refractivity contribution in [3.63, 3.8) is 0 Å². The van der Waals surface area contributed by atoms with Crippen LogP contribution in [0.25, 0.3) is 21.8 Å². The smallest absolute Gasteiger partial charge is 0.0459 e. The summed E-state index contributed by atoms with van der Waals surface area (Å²) in [5.74, 6) is 0.339. The highest BCUT2D eigenvalue weighted by Crippen LogP contribution is 2.42. The van der Waals surface area contributed by atoms with E-state index in [1.807, 2.05) is 0 Å². The normalized spacial score (nSPS) is 18.0. The fourth-order valence-corrected chi connectivity index (χ4v) is 6.95. The SMILES string of the molecule is Cc1ccccc1NC1CCc2[nH]c3ccccc3c2C1c1ccccc1.c1ccc2c3c([nH]c2c1)CCCC3. The maximum atomic E-state index is 3.88. The van der Waals surface area contributed by atoms with Crippen LogP contribution in [0.4, 0.5) is 5.69 Å². The Labute approximate surface area is 236 Å². The summed E-state index contributed by atoms with van der Waals surface area (Å²) in [4.78, 5) is 7.20. The lowest BCUT2D eigenvalue weighted by Gasteiger charge is -2.34. The molecular weight excluding hydrogens is 486 g/mol. The molecule has 3 nitrogen and oxygen atoms in total. The second kappa shape index (κ2) is 10.7. The van der Waals surface area contributed by atoms with Gasteiger partial charge in [-0.05, 0) is 85.9 Å². The van der Waals surface area contributed by atoms with Gasteiger partial charge < -0.3 is 15.3 Å². The number of benzene rings is 4. The molecule has 0 bridgehead atoms. The van der Waals surface area contributed by atoms with Crippen LogP contribution in [0.1, 0.15) is 58.8 Å². The standard InChI is InChI=1S/C25H24N2.C12H13N/c1-17-9-5-7-13-20(17)26-22-15-16-23-25(19-12-6-8-14-21(19)27-23)24(22)18-10-3-2-4-11-18;1-3-7-11-9(5-1)10-6-2-4-8-12(10)13-11/h2-14,22,24,26-27H,15-16H2,1H3;1,3,5,7,13H,2,4,6,8H2. The van der Waals surface area contributed by atoms with Gasteiger partial charge in [-0.1, -0.05) is 84.9 Å². The van der Waals surface area contributed by atoms with Gasteiger partial charge in [0.2, 0.25) is 0 Å². The lowest BCUT2D eigenvalue weighted by Crippen LogP contribution is -2.33. The Morgan fingerprint density at radius 2 is 1.27 bits per heavy atom. The number of hydrogen-bond acceptors (Lipinski definition) is 1. The number of para-hydroxylation sites is 3. The van der Waals surface area contributed by atoms with Crippen molar-refractivity contribution >= 4 is 27.5 Å². The summed E-state index contributed by atoms with van der Waals surface area (Å²) in [5.41, 5.74) is 12.4. The van der Waals surface area contributed by atoms with Gasteiger partial charge in [-0.2, -0.15) is 0 Å². The first kappa shape index (κ1) is 24.8. The molecule has 200 valence electrons. The summed E-state index contributed by atoms with van der Waals surface area (Å²) < 4.78 is 0. The van der Waals surface area contributed by atoms with E-state index in [2.05, 4.69) is 125 Å². The second-order valence-electron chi connectivity index (χ2n) is 11.4. The minimum atomic E-state index is 0.339. The van der Waals surface area contributed by atoms with E-state index in [1.54, 1.807) is 5.56 Å². The third kappa shape index (κ3) is 4.60. The molecular formula is C37H37N3. The number of aromatic amines is 2. The maximum Gasteiger partial charge on any atom is 0.0459 e. The Morgan fingerprint density at radius 1 is 0.625 bits per heavy atom. The first-order valence-electron chi connectivity index (χ1n) is 14.8. The maximum absolute atomic E-state index is 3.88. The third-order valence-electron chi connectivity index (χ3n) is 8.90. The van der Waals surface area contributed by atoms with E-state index in [4.69, 9.17) is 0 Å². The largest absolute Gasteiger partial charge is 0.381 e. The molecule has 0 radical (unpaired) electrons. The van der Waals surface area contributed by atoms with Gasteiger partial charge in [0, 0.05) is 50.8 Å². The minimum absolute atomic E-state index is 0.339. The van der Waals surface area contributed by atoms with E-state index >= 15 is 0 Å². The van der Waals surface area contributed by atoms with Crippen LogP contribution < -0.4 is 5.32 Å². The zero-order valence-corrected chi connectivity index (χ0v) is 23.2. The average molecular weight is 524 g/mol. The summed E-state index contributed by atoms with van der Waals surface area (Å²) in [6.07, 6.45) is 7.41. The Kier molecular flexibility index (Phi) is 6.65. The number of anilines is 1.